The van der Waals surface area contributed by atoms with Gasteiger partial charge in [0.2, 0.25) is 5.91 Å². The predicted octanol–water partition coefficient (Wildman–Crippen LogP) is 2.42. The van der Waals surface area contributed by atoms with Gasteiger partial charge in [0.05, 0.1) is 0 Å². The molecule has 2 amide bonds. The van der Waals surface area contributed by atoms with Gasteiger partial charge in [0.15, 0.2) is 0 Å². The van der Waals surface area contributed by atoms with Crippen molar-refractivity contribution < 1.29 is 9.59 Å². The molecule has 2 aromatic heterocycles. The van der Waals surface area contributed by atoms with E-state index < -0.39 is 0 Å². The van der Waals surface area contributed by atoms with Crippen LogP contribution in [0.2, 0.25) is 0 Å². The lowest BCUT2D eigenvalue weighted by Crippen LogP contribution is -2.44. The van der Waals surface area contributed by atoms with Gasteiger partial charge >= 0.3 is 0 Å². The normalized spacial score (nSPS) is 16.2. The van der Waals surface area contributed by atoms with Gasteiger partial charge in [-0.15, -0.1) is 11.3 Å². The number of benzene rings is 1. The zero-order valence-electron chi connectivity index (χ0n) is 16.5. The number of hydrogen-bond donors (Lipinski definition) is 1. The molecule has 4 heterocycles. The molecule has 0 unspecified atom stereocenters. The van der Waals surface area contributed by atoms with E-state index in [1.54, 1.807) is 27.9 Å². The fourth-order valence-corrected chi connectivity index (χ4v) is 5.15. The summed E-state index contributed by atoms with van der Waals surface area (Å²) in [6, 6.07) is 10.00. The van der Waals surface area contributed by atoms with Gasteiger partial charge in [0, 0.05) is 71.7 Å². The van der Waals surface area contributed by atoms with Gasteiger partial charge in [-0.05, 0) is 17.7 Å². The Morgan fingerprint density at radius 2 is 1.97 bits per heavy atom. The molecule has 2 aliphatic rings. The highest BCUT2D eigenvalue weighted by atomic mass is 32.1. The molecule has 0 fully saturated rings. The average Bonchev–Trinajstić information content (AvgIpc) is 3.20. The second-order valence-corrected chi connectivity index (χ2v) is 8.52. The number of nitrogens with zero attached hydrogens (tertiary/aromatic N) is 3. The Bertz CT molecular complexity index is 1290. The highest BCUT2D eigenvalue weighted by molar-refractivity contribution is 7.17. The third-order valence-electron chi connectivity index (χ3n) is 5.82. The van der Waals surface area contributed by atoms with E-state index in [9.17, 15) is 14.4 Å². The minimum absolute atomic E-state index is 0.0172. The molecule has 0 saturated carbocycles. The lowest BCUT2D eigenvalue weighted by molar-refractivity contribution is -0.125. The summed E-state index contributed by atoms with van der Waals surface area (Å²) in [5.41, 5.74) is 6.28. The number of hydrazone groups is 1. The fourth-order valence-electron chi connectivity index (χ4n) is 4.19. The molecule has 1 N–H and O–H groups in total. The zero-order chi connectivity index (χ0) is 20.8. The largest absolute Gasteiger partial charge is 0.333 e. The van der Waals surface area contributed by atoms with Crippen molar-refractivity contribution in [3.8, 4) is 11.1 Å². The zero-order valence-corrected chi connectivity index (χ0v) is 17.3. The molecule has 0 aliphatic carbocycles. The Balaban J connectivity index is 1.52. The highest BCUT2D eigenvalue weighted by Gasteiger charge is 2.28. The summed E-state index contributed by atoms with van der Waals surface area (Å²) >= 11 is 1.62. The van der Waals surface area contributed by atoms with Crippen LogP contribution in [-0.2, 0) is 29.6 Å². The number of thiophene rings is 1. The van der Waals surface area contributed by atoms with Gasteiger partial charge in [0.1, 0.15) is 5.71 Å². The van der Waals surface area contributed by atoms with E-state index in [1.165, 1.54) is 0 Å². The summed E-state index contributed by atoms with van der Waals surface area (Å²) in [5.74, 6) is -0.324. The molecule has 0 atom stereocenters. The molecule has 30 heavy (non-hydrogen) atoms. The molecule has 2 aliphatic heterocycles. The molecule has 0 bridgehead atoms. The second kappa shape index (κ2) is 7.21. The van der Waals surface area contributed by atoms with Gasteiger partial charge < -0.3 is 9.47 Å². The number of nitrogens with one attached hydrogen (secondary N) is 1. The van der Waals surface area contributed by atoms with Crippen molar-refractivity contribution >= 4 is 38.9 Å². The number of rotatable bonds is 2. The lowest BCUT2D eigenvalue weighted by Gasteiger charge is -2.31. The van der Waals surface area contributed by atoms with Crippen LogP contribution in [0, 0.1) is 0 Å². The highest BCUT2D eigenvalue weighted by Crippen LogP contribution is 2.33. The van der Waals surface area contributed by atoms with Crippen molar-refractivity contribution in [3.05, 3.63) is 57.3 Å². The van der Waals surface area contributed by atoms with Crippen LogP contribution in [-0.4, -0.2) is 33.5 Å². The maximum absolute atomic E-state index is 13.1. The minimum atomic E-state index is -0.168. The maximum Gasteiger partial charge on any atom is 0.270 e. The first-order chi connectivity index (χ1) is 14.5. The van der Waals surface area contributed by atoms with E-state index in [4.69, 9.17) is 0 Å². The van der Waals surface area contributed by atoms with Gasteiger partial charge in [0.25, 0.3) is 11.5 Å². The molecule has 5 rings (SSSR count). The summed E-state index contributed by atoms with van der Waals surface area (Å²) in [7, 11) is 1.80. The summed E-state index contributed by atoms with van der Waals surface area (Å²) < 4.78 is 2.86. The lowest BCUT2D eigenvalue weighted by atomic mass is 9.98. The Morgan fingerprint density at radius 3 is 2.77 bits per heavy atom. The van der Waals surface area contributed by atoms with Crippen LogP contribution in [0.4, 0.5) is 0 Å². The molecule has 0 saturated heterocycles. The van der Waals surface area contributed by atoms with Crippen LogP contribution in [0.3, 0.4) is 0 Å². The van der Waals surface area contributed by atoms with Crippen molar-refractivity contribution in [1.29, 1.82) is 0 Å². The minimum Gasteiger partial charge on any atom is -0.333 e. The number of carbonyl (C=O) groups excluding carboxylic acids is 2. The van der Waals surface area contributed by atoms with Crippen LogP contribution in [0.5, 0.6) is 0 Å². The van der Waals surface area contributed by atoms with Crippen LogP contribution in [0.15, 0.2) is 45.6 Å². The van der Waals surface area contributed by atoms with E-state index in [-0.39, 0.29) is 23.8 Å². The molecule has 3 aromatic rings. The Morgan fingerprint density at radius 1 is 1.13 bits per heavy atom. The van der Waals surface area contributed by atoms with Gasteiger partial charge in [-0.25, -0.2) is 5.43 Å². The van der Waals surface area contributed by atoms with E-state index in [2.05, 4.69) is 16.6 Å². The van der Waals surface area contributed by atoms with E-state index in [0.29, 0.717) is 37.2 Å². The number of hydrogen-bond acceptors (Lipinski definition) is 5. The third kappa shape index (κ3) is 3.04. The monoisotopic (exact) mass is 420 g/mol. The number of carbonyl (C=O) groups is 2. The topological polar surface area (TPSA) is 83.8 Å². The van der Waals surface area contributed by atoms with Crippen LogP contribution in [0.25, 0.3) is 21.2 Å². The van der Waals surface area contributed by atoms with Crippen LogP contribution in [0.1, 0.15) is 24.1 Å². The quantitative estimate of drug-likeness (QED) is 0.691. The molecule has 8 heteroatoms. The number of aromatic nitrogens is 1. The van der Waals surface area contributed by atoms with Crippen molar-refractivity contribution in [1.82, 2.24) is 14.9 Å². The smallest absolute Gasteiger partial charge is 0.270 e. The summed E-state index contributed by atoms with van der Waals surface area (Å²) in [6.07, 6.45) is 1.24. The standard InChI is InChI=1S/C22H20N4O3S/c1-25-18-8-9-26(22(29)17-6-7-20(27)24-23-17)11-13(18)10-15(21(25)28)16-12-30-19-5-3-2-4-14(16)19/h2-5,10,12H,6-9,11H2,1H3,(H,24,27). The van der Waals surface area contributed by atoms with E-state index in [0.717, 1.165) is 26.9 Å². The van der Waals surface area contributed by atoms with E-state index in [1.807, 2.05) is 29.6 Å². The van der Waals surface area contributed by atoms with Crippen LogP contribution >= 0.6 is 11.3 Å². The molecule has 0 radical (unpaired) electrons. The van der Waals surface area contributed by atoms with Crippen LogP contribution < -0.4 is 11.0 Å². The molecular weight excluding hydrogens is 400 g/mol. The summed E-state index contributed by atoms with van der Waals surface area (Å²) in [5, 5.41) is 7.03. The van der Waals surface area contributed by atoms with Gasteiger partial charge in [-0.1, -0.05) is 18.2 Å². The second-order valence-electron chi connectivity index (χ2n) is 7.61. The molecule has 7 nitrogen and oxygen atoms in total. The third-order valence-corrected chi connectivity index (χ3v) is 6.78. The number of amides is 2. The summed E-state index contributed by atoms with van der Waals surface area (Å²) in [4.78, 5) is 39.0. The van der Waals surface area contributed by atoms with Gasteiger partial charge in [-0.2, -0.15) is 5.10 Å². The average molecular weight is 420 g/mol. The number of pyridine rings is 1. The Labute approximate surface area is 176 Å². The number of fused-ring (bicyclic) bond motifs is 2. The summed E-state index contributed by atoms with van der Waals surface area (Å²) in [6.45, 7) is 0.942. The maximum atomic E-state index is 13.1. The first-order valence-electron chi connectivity index (χ1n) is 9.86. The van der Waals surface area contributed by atoms with Gasteiger partial charge in [-0.3, -0.25) is 14.4 Å². The fraction of sp³-hybridized carbons (Fsp3) is 0.273. The first-order valence-corrected chi connectivity index (χ1v) is 10.7. The molecule has 152 valence electrons. The van der Waals surface area contributed by atoms with Crippen molar-refractivity contribution in [3.63, 3.8) is 0 Å². The van der Waals surface area contributed by atoms with E-state index >= 15 is 0 Å². The Hall–Kier alpha value is -3.26. The van der Waals surface area contributed by atoms with Crippen molar-refractivity contribution in [2.45, 2.75) is 25.8 Å². The van der Waals surface area contributed by atoms with Crippen molar-refractivity contribution in [2.24, 2.45) is 12.1 Å². The molecule has 0 spiro atoms. The molecular formula is C22H20N4O3S. The predicted molar refractivity (Wildman–Crippen MR) is 116 cm³/mol. The van der Waals surface area contributed by atoms with Crippen molar-refractivity contribution in [2.75, 3.05) is 6.54 Å². The first kappa shape index (κ1) is 18.7. The SMILES string of the molecule is Cn1c2c(cc(-c3csc4ccccc34)c1=O)CN(C(=O)C1=NNC(=O)CC1)CC2. The Kier molecular flexibility index (Phi) is 4.51. The molecule has 1 aromatic carbocycles.